The van der Waals surface area contributed by atoms with E-state index in [-0.39, 0.29) is 17.9 Å². The van der Waals surface area contributed by atoms with Crippen molar-refractivity contribution in [2.24, 2.45) is 0 Å². The molecule has 0 radical (unpaired) electrons. The molecule has 2 rings (SSSR count). The number of esters is 2. The highest BCUT2D eigenvalue weighted by molar-refractivity contribution is 6.12. The first kappa shape index (κ1) is 20.2. The van der Waals surface area contributed by atoms with E-state index >= 15 is 0 Å². The summed E-state index contributed by atoms with van der Waals surface area (Å²) in [4.78, 5) is 37.4. The number of benzene rings is 2. The summed E-state index contributed by atoms with van der Waals surface area (Å²) in [5, 5.41) is 1.17. The van der Waals surface area contributed by atoms with Crippen LogP contribution >= 0.6 is 0 Å². The van der Waals surface area contributed by atoms with Crippen molar-refractivity contribution in [3.63, 3.8) is 0 Å². The predicted molar refractivity (Wildman–Crippen MR) is 97.8 cm³/mol. The van der Waals surface area contributed by atoms with E-state index in [1.54, 1.807) is 37.3 Å². The molecule has 1 atom stereocenters. The highest BCUT2D eigenvalue weighted by Crippen LogP contribution is 2.41. The maximum Gasteiger partial charge on any atom is 0.363 e. The van der Waals surface area contributed by atoms with Gasteiger partial charge in [-0.25, -0.2) is 4.79 Å². The molecule has 0 bridgehead atoms. The molecular formula is C20H22O7. The van der Waals surface area contributed by atoms with Crippen LogP contribution in [0.5, 0.6) is 11.5 Å². The minimum absolute atomic E-state index is 0.00995. The van der Waals surface area contributed by atoms with Crippen molar-refractivity contribution in [2.75, 3.05) is 20.8 Å². The van der Waals surface area contributed by atoms with Gasteiger partial charge in [-0.05, 0) is 42.8 Å². The van der Waals surface area contributed by atoms with Crippen LogP contribution in [0.2, 0.25) is 0 Å². The lowest BCUT2D eigenvalue weighted by atomic mass is 9.85. The molecule has 0 aliphatic rings. The molecule has 0 aromatic heterocycles. The van der Waals surface area contributed by atoms with Crippen molar-refractivity contribution < 1.29 is 33.3 Å². The molecule has 2 aromatic rings. The Morgan fingerprint density at radius 1 is 1.00 bits per heavy atom. The number of fused-ring (bicyclic) bond motifs is 1. The van der Waals surface area contributed by atoms with Crippen molar-refractivity contribution in [3.05, 3.63) is 35.9 Å². The summed E-state index contributed by atoms with van der Waals surface area (Å²) >= 11 is 0. The molecule has 1 unspecified atom stereocenters. The Morgan fingerprint density at radius 2 is 1.70 bits per heavy atom. The predicted octanol–water partition coefficient (Wildman–Crippen LogP) is 2.77. The highest BCUT2D eigenvalue weighted by Gasteiger charge is 2.53. The van der Waals surface area contributed by atoms with Gasteiger partial charge in [-0.15, -0.1) is 0 Å². The number of rotatable bonds is 7. The Balaban J connectivity index is 2.95. The molecule has 7 nitrogen and oxygen atoms in total. The van der Waals surface area contributed by atoms with E-state index < -0.39 is 23.3 Å². The van der Waals surface area contributed by atoms with E-state index in [9.17, 15) is 14.4 Å². The van der Waals surface area contributed by atoms with Gasteiger partial charge in [0.15, 0.2) is 5.78 Å². The summed E-state index contributed by atoms with van der Waals surface area (Å²) in [5.41, 5.74) is -2.16. The standard InChI is InChI=1S/C20H22O7/c1-6-26-19(23)20(12(2)21,27-13(3)22)18-16-9-8-15(24-4)11-14(16)7-10-17(18)25-5/h7-11H,6H2,1-5H3. The molecule has 0 saturated heterocycles. The number of carbonyl (C=O) groups is 3. The fourth-order valence-electron chi connectivity index (χ4n) is 2.98. The SMILES string of the molecule is CCOC(=O)C(OC(C)=O)(C(C)=O)c1c(OC)ccc2cc(OC)ccc12. The maximum atomic E-state index is 12.9. The number of ketones is 1. The van der Waals surface area contributed by atoms with Gasteiger partial charge in [0.25, 0.3) is 5.60 Å². The number of carbonyl (C=O) groups excluding carboxylic acids is 3. The van der Waals surface area contributed by atoms with E-state index in [4.69, 9.17) is 18.9 Å². The highest BCUT2D eigenvalue weighted by atomic mass is 16.6. The van der Waals surface area contributed by atoms with E-state index in [2.05, 4.69) is 0 Å². The summed E-state index contributed by atoms with van der Waals surface area (Å²) in [5.74, 6) is -1.66. The quantitative estimate of drug-likeness (QED) is 0.544. The fourth-order valence-corrected chi connectivity index (χ4v) is 2.98. The van der Waals surface area contributed by atoms with Gasteiger partial charge < -0.3 is 18.9 Å². The zero-order valence-corrected chi connectivity index (χ0v) is 16.0. The number of ether oxygens (including phenoxy) is 4. The number of Topliss-reactive ketones (excluding diaryl/α,β-unsaturated/α-hetero) is 1. The smallest absolute Gasteiger partial charge is 0.363 e. The molecule has 0 spiro atoms. The first-order chi connectivity index (χ1) is 12.8. The molecule has 0 heterocycles. The van der Waals surface area contributed by atoms with E-state index in [1.807, 2.05) is 0 Å². The first-order valence-electron chi connectivity index (χ1n) is 8.34. The molecule has 2 aromatic carbocycles. The Labute approximate surface area is 157 Å². The second-order valence-corrected chi connectivity index (χ2v) is 5.78. The van der Waals surface area contributed by atoms with E-state index in [1.165, 1.54) is 21.1 Å². The molecule has 0 amide bonds. The summed E-state index contributed by atoms with van der Waals surface area (Å²) in [6, 6.07) is 8.44. The molecule has 27 heavy (non-hydrogen) atoms. The van der Waals surface area contributed by atoms with Gasteiger partial charge in [-0.3, -0.25) is 9.59 Å². The third kappa shape index (κ3) is 3.58. The maximum absolute atomic E-state index is 12.9. The average molecular weight is 374 g/mol. The van der Waals surface area contributed by atoms with Gasteiger partial charge in [0.05, 0.1) is 26.4 Å². The van der Waals surface area contributed by atoms with Gasteiger partial charge in [-0.1, -0.05) is 12.1 Å². The zero-order chi connectivity index (χ0) is 20.2. The minimum atomic E-state index is -2.28. The molecular weight excluding hydrogens is 352 g/mol. The summed E-state index contributed by atoms with van der Waals surface area (Å²) in [7, 11) is 2.93. The number of hydrogen-bond donors (Lipinski definition) is 0. The fraction of sp³-hybridized carbons (Fsp3) is 0.350. The molecule has 7 heteroatoms. The first-order valence-corrected chi connectivity index (χ1v) is 8.34. The van der Waals surface area contributed by atoms with Crippen LogP contribution in [-0.4, -0.2) is 38.5 Å². The molecule has 144 valence electrons. The van der Waals surface area contributed by atoms with Crippen molar-refractivity contribution in [3.8, 4) is 11.5 Å². The Bertz CT molecular complexity index is 887. The van der Waals surface area contributed by atoms with Crippen LogP contribution in [0.15, 0.2) is 30.3 Å². The number of methoxy groups -OCH3 is 2. The lowest BCUT2D eigenvalue weighted by Crippen LogP contribution is -2.47. The van der Waals surface area contributed by atoms with Gasteiger partial charge in [0.1, 0.15) is 11.5 Å². The van der Waals surface area contributed by atoms with Gasteiger partial charge in [0, 0.05) is 6.92 Å². The lowest BCUT2D eigenvalue weighted by molar-refractivity contribution is -0.185. The van der Waals surface area contributed by atoms with E-state index in [0.717, 1.165) is 6.92 Å². The third-order valence-corrected chi connectivity index (χ3v) is 4.12. The van der Waals surface area contributed by atoms with Crippen molar-refractivity contribution in [1.82, 2.24) is 0 Å². The monoisotopic (exact) mass is 374 g/mol. The molecule has 0 saturated carbocycles. The van der Waals surface area contributed by atoms with Gasteiger partial charge in [-0.2, -0.15) is 0 Å². The summed E-state index contributed by atoms with van der Waals surface area (Å²) in [6.45, 7) is 3.90. The van der Waals surface area contributed by atoms with Crippen LogP contribution in [-0.2, 0) is 29.5 Å². The number of hydrogen-bond acceptors (Lipinski definition) is 7. The summed E-state index contributed by atoms with van der Waals surface area (Å²) < 4.78 is 21.1. The third-order valence-electron chi connectivity index (χ3n) is 4.12. The van der Waals surface area contributed by atoms with Crippen molar-refractivity contribution in [2.45, 2.75) is 26.4 Å². The average Bonchev–Trinajstić information content (AvgIpc) is 2.64. The largest absolute Gasteiger partial charge is 0.497 e. The zero-order valence-electron chi connectivity index (χ0n) is 16.0. The molecule has 0 aliphatic heterocycles. The van der Waals surface area contributed by atoms with Crippen molar-refractivity contribution >= 4 is 28.5 Å². The molecule has 0 N–H and O–H groups in total. The van der Waals surface area contributed by atoms with Crippen LogP contribution in [0.4, 0.5) is 0 Å². The second-order valence-electron chi connectivity index (χ2n) is 5.78. The van der Waals surface area contributed by atoms with E-state index in [0.29, 0.717) is 16.5 Å². The van der Waals surface area contributed by atoms with Crippen molar-refractivity contribution in [1.29, 1.82) is 0 Å². The minimum Gasteiger partial charge on any atom is -0.497 e. The Morgan fingerprint density at radius 3 is 2.22 bits per heavy atom. The topological polar surface area (TPSA) is 88.1 Å². The van der Waals surface area contributed by atoms with Crippen LogP contribution in [0.1, 0.15) is 26.3 Å². The van der Waals surface area contributed by atoms with Gasteiger partial charge in [0.2, 0.25) is 0 Å². The van der Waals surface area contributed by atoms with Crippen LogP contribution in [0.3, 0.4) is 0 Å². The lowest BCUT2D eigenvalue weighted by Gasteiger charge is -2.31. The summed E-state index contributed by atoms with van der Waals surface area (Å²) in [6.07, 6.45) is 0. The Hall–Kier alpha value is -3.09. The second kappa shape index (κ2) is 8.07. The molecule has 0 fully saturated rings. The van der Waals surface area contributed by atoms with Crippen LogP contribution < -0.4 is 9.47 Å². The molecule has 0 aliphatic carbocycles. The van der Waals surface area contributed by atoms with Gasteiger partial charge >= 0.3 is 11.9 Å². The normalized spacial score (nSPS) is 12.8. The van der Waals surface area contributed by atoms with Crippen LogP contribution in [0.25, 0.3) is 10.8 Å². The van der Waals surface area contributed by atoms with Crippen LogP contribution in [0, 0.1) is 0 Å². The Kier molecular flexibility index (Phi) is 6.05.